The average Bonchev–Trinajstić information content (AvgIpc) is 3.15. The van der Waals surface area contributed by atoms with Gasteiger partial charge in [0, 0.05) is 30.8 Å². The van der Waals surface area contributed by atoms with Gasteiger partial charge in [-0.2, -0.15) is 4.98 Å². The summed E-state index contributed by atoms with van der Waals surface area (Å²) in [4.78, 5) is 19.5. The quantitative estimate of drug-likeness (QED) is 0.707. The van der Waals surface area contributed by atoms with Crippen molar-refractivity contribution in [3.63, 3.8) is 0 Å². The molecule has 3 rings (SSSR count). The Labute approximate surface area is 168 Å². The molecule has 1 heterocycles. The third-order valence-electron chi connectivity index (χ3n) is 5.47. The molecule has 0 aliphatic heterocycles. The number of aromatic nitrogens is 2. The summed E-state index contributed by atoms with van der Waals surface area (Å²) in [7, 11) is 0. The summed E-state index contributed by atoms with van der Waals surface area (Å²) in [6, 6.07) is 8.95. The Bertz CT molecular complexity index is 791. The van der Waals surface area contributed by atoms with Crippen LogP contribution >= 0.6 is 0 Å². The number of amides is 1. The molecule has 2 aromatic rings. The SMILES string of the molecule is CCCN(C(=O)CCCc1nc(C(C)(C)C)no1)C1CCc2ccccc2C1. The van der Waals surface area contributed by atoms with Gasteiger partial charge < -0.3 is 9.42 Å². The van der Waals surface area contributed by atoms with E-state index in [1.165, 1.54) is 11.1 Å². The summed E-state index contributed by atoms with van der Waals surface area (Å²) in [5.74, 6) is 1.61. The number of hydrogen-bond acceptors (Lipinski definition) is 4. The van der Waals surface area contributed by atoms with Gasteiger partial charge in [0.1, 0.15) is 0 Å². The van der Waals surface area contributed by atoms with E-state index in [0.717, 1.165) is 44.5 Å². The van der Waals surface area contributed by atoms with Gasteiger partial charge in [0.05, 0.1) is 0 Å². The lowest BCUT2D eigenvalue weighted by molar-refractivity contribution is -0.134. The normalized spacial score (nSPS) is 16.6. The van der Waals surface area contributed by atoms with Gasteiger partial charge in [0.2, 0.25) is 11.8 Å². The van der Waals surface area contributed by atoms with Crippen LogP contribution in [0.4, 0.5) is 0 Å². The van der Waals surface area contributed by atoms with Crippen molar-refractivity contribution in [1.29, 1.82) is 0 Å². The van der Waals surface area contributed by atoms with Gasteiger partial charge in [0.15, 0.2) is 5.82 Å². The van der Waals surface area contributed by atoms with E-state index in [-0.39, 0.29) is 11.3 Å². The number of carbonyl (C=O) groups excluding carboxylic acids is 1. The van der Waals surface area contributed by atoms with Crippen LogP contribution in [0.5, 0.6) is 0 Å². The van der Waals surface area contributed by atoms with E-state index in [9.17, 15) is 4.79 Å². The number of rotatable bonds is 7. The summed E-state index contributed by atoms with van der Waals surface area (Å²) >= 11 is 0. The van der Waals surface area contributed by atoms with Gasteiger partial charge in [-0.25, -0.2) is 0 Å². The first-order valence-electron chi connectivity index (χ1n) is 10.6. The lowest BCUT2D eigenvalue weighted by Crippen LogP contribution is -2.43. The van der Waals surface area contributed by atoms with E-state index >= 15 is 0 Å². The van der Waals surface area contributed by atoms with E-state index < -0.39 is 0 Å². The maximum Gasteiger partial charge on any atom is 0.226 e. The van der Waals surface area contributed by atoms with Crippen molar-refractivity contribution in [2.24, 2.45) is 0 Å². The molecule has 0 N–H and O–H groups in total. The molecule has 1 amide bonds. The van der Waals surface area contributed by atoms with Crippen molar-refractivity contribution in [1.82, 2.24) is 15.0 Å². The molecule has 0 saturated carbocycles. The summed E-state index contributed by atoms with van der Waals surface area (Å²) in [6.07, 6.45) is 6.01. The van der Waals surface area contributed by atoms with Crippen molar-refractivity contribution in [3.05, 3.63) is 47.1 Å². The van der Waals surface area contributed by atoms with Crippen molar-refractivity contribution >= 4 is 5.91 Å². The number of aryl methyl sites for hydroxylation is 2. The van der Waals surface area contributed by atoms with Gasteiger partial charge in [-0.3, -0.25) is 4.79 Å². The molecule has 5 nitrogen and oxygen atoms in total. The molecule has 5 heteroatoms. The van der Waals surface area contributed by atoms with Gasteiger partial charge >= 0.3 is 0 Å². The van der Waals surface area contributed by atoms with E-state index in [0.29, 0.717) is 24.8 Å². The lowest BCUT2D eigenvalue weighted by Gasteiger charge is -2.35. The second kappa shape index (κ2) is 8.89. The number of carbonyl (C=O) groups is 1. The Hall–Kier alpha value is -2.17. The molecule has 0 radical (unpaired) electrons. The first kappa shape index (κ1) is 20.6. The molecule has 0 spiro atoms. The summed E-state index contributed by atoms with van der Waals surface area (Å²) in [5.41, 5.74) is 2.72. The highest BCUT2D eigenvalue weighted by atomic mass is 16.5. The molecule has 1 aliphatic rings. The van der Waals surface area contributed by atoms with Gasteiger partial charge in [-0.05, 0) is 43.2 Å². The molecule has 1 aromatic heterocycles. The molecule has 1 aliphatic carbocycles. The van der Waals surface area contributed by atoms with Crippen molar-refractivity contribution in [2.75, 3.05) is 6.54 Å². The first-order chi connectivity index (χ1) is 13.4. The fraction of sp³-hybridized carbons (Fsp3) is 0.609. The van der Waals surface area contributed by atoms with E-state index in [1.54, 1.807) is 0 Å². The Kier molecular flexibility index (Phi) is 6.53. The summed E-state index contributed by atoms with van der Waals surface area (Å²) in [6.45, 7) is 9.17. The van der Waals surface area contributed by atoms with E-state index in [4.69, 9.17) is 4.52 Å². The number of nitrogens with zero attached hydrogens (tertiary/aromatic N) is 3. The third-order valence-corrected chi connectivity index (χ3v) is 5.47. The average molecular weight is 384 g/mol. The largest absolute Gasteiger partial charge is 0.339 e. The molecular weight excluding hydrogens is 350 g/mol. The predicted octanol–water partition coefficient (Wildman–Crippen LogP) is 4.49. The molecule has 0 bridgehead atoms. The Morgan fingerprint density at radius 2 is 2.00 bits per heavy atom. The fourth-order valence-electron chi connectivity index (χ4n) is 3.89. The maximum atomic E-state index is 13.0. The minimum absolute atomic E-state index is 0.118. The van der Waals surface area contributed by atoms with Gasteiger partial charge in [0.25, 0.3) is 0 Å². The van der Waals surface area contributed by atoms with Crippen LogP contribution < -0.4 is 0 Å². The maximum absolute atomic E-state index is 13.0. The predicted molar refractivity (Wildman–Crippen MR) is 110 cm³/mol. The zero-order valence-corrected chi connectivity index (χ0v) is 17.7. The smallest absolute Gasteiger partial charge is 0.226 e. The minimum atomic E-state index is -0.118. The van der Waals surface area contributed by atoms with Crippen molar-refractivity contribution < 1.29 is 9.32 Å². The van der Waals surface area contributed by atoms with Crippen LogP contribution in [-0.4, -0.2) is 33.5 Å². The van der Waals surface area contributed by atoms with Crippen LogP contribution in [0, 0.1) is 0 Å². The monoisotopic (exact) mass is 383 g/mol. The molecular formula is C23H33N3O2. The van der Waals surface area contributed by atoms with Crippen LogP contribution in [0.2, 0.25) is 0 Å². The van der Waals surface area contributed by atoms with E-state index in [1.807, 2.05) is 0 Å². The van der Waals surface area contributed by atoms with Gasteiger partial charge in [-0.15, -0.1) is 0 Å². The number of benzene rings is 1. The highest BCUT2D eigenvalue weighted by Crippen LogP contribution is 2.25. The molecule has 1 aromatic carbocycles. The zero-order valence-electron chi connectivity index (χ0n) is 17.7. The first-order valence-corrected chi connectivity index (χ1v) is 10.6. The van der Waals surface area contributed by atoms with Crippen molar-refractivity contribution in [3.8, 4) is 0 Å². The Morgan fingerprint density at radius 1 is 1.25 bits per heavy atom. The van der Waals surface area contributed by atoms with Gasteiger partial charge in [-0.1, -0.05) is 57.1 Å². The highest BCUT2D eigenvalue weighted by Gasteiger charge is 2.27. The number of hydrogen-bond donors (Lipinski definition) is 0. The Balaban J connectivity index is 1.56. The number of fused-ring (bicyclic) bond motifs is 1. The second-order valence-electron chi connectivity index (χ2n) is 8.87. The highest BCUT2D eigenvalue weighted by molar-refractivity contribution is 5.76. The van der Waals surface area contributed by atoms with Crippen LogP contribution in [-0.2, 0) is 29.5 Å². The standard InChI is InChI=1S/C23H33N3O2/c1-5-15-26(19-14-13-17-9-6-7-10-18(17)16-19)21(27)12-8-11-20-24-22(25-28-20)23(2,3)4/h6-7,9-10,19H,5,8,11-16H2,1-4H3. The third kappa shape index (κ3) is 5.00. The molecule has 0 fully saturated rings. The lowest BCUT2D eigenvalue weighted by atomic mass is 9.87. The zero-order chi connectivity index (χ0) is 20.1. The van der Waals surface area contributed by atoms with Crippen LogP contribution in [0.1, 0.15) is 76.2 Å². The van der Waals surface area contributed by atoms with E-state index in [2.05, 4.69) is 67.0 Å². The van der Waals surface area contributed by atoms with Crippen LogP contribution in [0.3, 0.4) is 0 Å². The second-order valence-corrected chi connectivity index (χ2v) is 8.87. The fourth-order valence-corrected chi connectivity index (χ4v) is 3.89. The molecule has 1 atom stereocenters. The Morgan fingerprint density at radius 3 is 2.68 bits per heavy atom. The minimum Gasteiger partial charge on any atom is -0.339 e. The van der Waals surface area contributed by atoms with Crippen LogP contribution in [0.25, 0.3) is 0 Å². The van der Waals surface area contributed by atoms with Crippen LogP contribution in [0.15, 0.2) is 28.8 Å². The topological polar surface area (TPSA) is 59.2 Å². The molecule has 1 unspecified atom stereocenters. The molecule has 152 valence electrons. The summed E-state index contributed by atoms with van der Waals surface area (Å²) < 4.78 is 5.35. The molecule has 0 saturated heterocycles. The summed E-state index contributed by atoms with van der Waals surface area (Å²) in [5, 5.41) is 4.06. The molecule has 28 heavy (non-hydrogen) atoms. The van der Waals surface area contributed by atoms with Crippen molar-refractivity contribution in [2.45, 2.75) is 84.1 Å².